The van der Waals surface area contributed by atoms with Gasteiger partial charge in [0.05, 0.1) is 0 Å². The Bertz CT molecular complexity index is 900. The van der Waals surface area contributed by atoms with E-state index in [0.29, 0.717) is 6.42 Å². The average molecular weight is 446 g/mol. The number of aromatic amines is 1. The summed E-state index contributed by atoms with van der Waals surface area (Å²) in [6, 6.07) is 5.81. The average Bonchev–Trinajstić information content (AvgIpc) is 2.87. The molecule has 0 saturated carbocycles. The van der Waals surface area contributed by atoms with Crippen LogP contribution in [0.4, 0.5) is 4.79 Å². The largest absolute Gasteiger partial charge is 0.443 e. The number of carbonyl (C=O) groups is 1. The molecular weight excluding hydrogens is 422 g/mol. The van der Waals surface area contributed by atoms with E-state index in [2.05, 4.69) is 20.9 Å². The lowest BCUT2D eigenvalue weighted by Crippen LogP contribution is -2.46. The monoisotopic (exact) mass is 445 g/mol. The van der Waals surface area contributed by atoms with Gasteiger partial charge in [-0.3, -0.25) is 0 Å². The predicted octanol–water partition coefficient (Wildman–Crippen LogP) is 3.52. The van der Waals surface area contributed by atoms with Crippen molar-refractivity contribution in [3.63, 3.8) is 0 Å². The highest BCUT2D eigenvalue weighted by Gasteiger charge is 2.33. The van der Waals surface area contributed by atoms with Crippen LogP contribution in [0.1, 0.15) is 26.3 Å². The molecule has 0 aliphatic rings. The number of hydrogen-bond acceptors (Lipinski definition) is 4. The number of aromatic nitrogens is 1. The highest BCUT2D eigenvalue weighted by molar-refractivity contribution is 9.10. The van der Waals surface area contributed by atoms with Crippen LogP contribution in [0.3, 0.4) is 0 Å². The Morgan fingerprint density at radius 1 is 1.27 bits per heavy atom. The third-order valence-corrected chi connectivity index (χ3v) is 5.96. The molecule has 0 aliphatic heterocycles. The van der Waals surface area contributed by atoms with E-state index in [1.54, 1.807) is 20.8 Å². The molecule has 1 amide bonds. The zero-order chi connectivity index (χ0) is 19.7. The summed E-state index contributed by atoms with van der Waals surface area (Å²) in [4.78, 5) is 15.6. The molecule has 1 N–H and O–H groups in total. The summed E-state index contributed by atoms with van der Waals surface area (Å²) in [5.74, 6) is 0. The van der Waals surface area contributed by atoms with Gasteiger partial charge in [0.1, 0.15) is 5.60 Å². The van der Waals surface area contributed by atoms with Gasteiger partial charge in [0, 0.05) is 42.2 Å². The summed E-state index contributed by atoms with van der Waals surface area (Å²) in [7, 11) is -1.18. The van der Waals surface area contributed by atoms with E-state index in [-0.39, 0.29) is 6.54 Å². The lowest BCUT2D eigenvalue weighted by atomic mass is 10.1. The second-order valence-corrected chi connectivity index (χ2v) is 10.1. The van der Waals surface area contributed by atoms with Gasteiger partial charge in [0.15, 0.2) is 0 Å². The van der Waals surface area contributed by atoms with Crippen LogP contribution in [0.25, 0.3) is 10.9 Å². The van der Waals surface area contributed by atoms with Crippen LogP contribution in [0.5, 0.6) is 0 Å². The molecule has 0 radical (unpaired) electrons. The first-order chi connectivity index (χ1) is 11.9. The smallest absolute Gasteiger partial charge is 0.425 e. The molecule has 9 heteroatoms. The molecule has 0 saturated heterocycles. The fourth-order valence-electron chi connectivity index (χ4n) is 2.40. The quantitative estimate of drug-likeness (QED) is 0.762. The number of nitrogens with one attached hydrogen (secondary N) is 1. The van der Waals surface area contributed by atoms with Crippen molar-refractivity contribution in [3.05, 3.63) is 34.4 Å². The topological polar surface area (TPSA) is 82.7 Å². The number of H-pyrrole nitrogens is 1. The lowest BCUT2D eigenvalue weighted by molar-refractivity contribution is 0.0385. The van der Waals surface area contributed by atoms with Crippen molar-refractivity contribution in [1.29, 1.82) is 0 Å². The summed E-state index contributed by atoms with van der Waals surface area (Å²) in [5.41, 5.74) is 1.08. The molecule has 7 nitrogen and oxygen atoms in total. The van der Waals surface area contributed by atoms with Crippen molar-refractivity contribution < 1.29 is 17.9 Å². The van der Waals surface area contributed by atoms with Crippen molar-refractivity contribution in [3.8, 4) is 0 Å². The highest BCUT2D eigenvalue weighted by atomic mass is 79.9. The van der Waals surface area contributed by atoms with E-state index in [0.717, 1.165) is 29.5 Å². The molecule has 0 spiro atoms. The fraction of sp³-hybridized carbons (Fsp3) is 0.471. The minimum Gasteiger partial charge on any atom is -0.443 e. The van der Waals surface area contributed by atoms with Gasteiger partial charge >= 0.3 is 16.3 Å². The number of amides is 1. The Kier molecular flexibility index (Phi) is 6.04. The van der Waals surface area contributed by atoms with E-state index < -0.39 is 21.9 Å². The number of fused-ring (bicyclic) bond motifs is 1. The van der Waals surface area contributed by atoms with Crippen LogP contribution in [-0.4, -0.2) is 54.3 Å². The molecule has 1 heterocycles. The Morgan fingerprint density at radius 3 is 2.50 bits per heavy atom. The van der Waals surface area contributed by atoms with Gasteiger partial charge in [-0.15, -0.1) is 0 Å². The molecule has 1 aromatic carbocycles. The van der Waals surface area contributed by atoms with Crippen LogP contribution in [0, 0.1) is 0 Å². The van der Waals surface area contributed by atoms with Gasteiger partial charge in [0.25, 0.3) is 0 Å². The number of carbonyl (C=O) groups excluding carboxylic acids is 1. The van der Waals surface area contributed by atoms with Crippen molar-refractivity contribution in [1.82, 2.24) is 13.6 Å². The molecule has 0 unspecified atom stereocenters. The summed E-state index contributed by atoms with van der Waals surface area (Å²) in [5, 5.41) is 0.986. The molecule has 144 valence electrons. The maximum Gasteiger partial charge on any atom is 0.425 e. The zero-order valence-corrected chi connectivity index (χ0v) is 17.9. The van der Waals surface area contributed by atoms with Crippen LogP contribution < -0.4 is 0 Å². The molecular formula is C17H24BrN3O4S. The predicted molar refractivity (Wildman–Crippen MR) is 105 cm³/mol. The number of benzene rings is 1. The van der Waals surface area contributed by atoms with Crippen LogP contribution in [-0.2, 0) is 21.4 Å². The SMILES string of the molecule is CN(C)S(=O)(=O)N(CCc1c[nH]c2cc(Br)ccc12)C(=O)OC(C)(C)C. The van der Waals surface area contributed by atoms with Crippen molar-refractivity contribution >= 4 is 43.1 Å². The minimum absolute atomic E-state index is 0.0154. The summed E-state index contributed by atoms with van der Waals surface area (Å²) in [6.45, 7) is 5.08. The Hall–Kier alpha value is -1.58. The van der Waals surface area contributed by atoms with Crippen LogP contribution >= 0.6 is 15.9 Å². The Morgan fingerprint density at radius 2 is 1.92 bits per heavy atom. The molecule has 0 atom stereocenters. The lowest BCUT2D eigenvalue weighted by Gasteiger charge is -2.28. The van der Waals surface area contributed by atoms with E-state index >= 15 is 0 Å². The molecule has 26 heavy (non-hydrogen) atoms. The van der Waals surface area contributed by atoms with Gasteiger partial charge in [0.2, 0.25) is 0 Å². The summed E-state index contributed by atoms with van der Waals surface area (Å²) < 4.78 is 33.1. The van der Waals surface area contributed by atoms with E-state index in [9.17, 15) is 13.2 Å². The number of hydrogen-bond donors (Lipinski definition) is 1. The standard InChI is InChI=1S/C17H24BrN3O4S/c1-17(2,3)25-16(22)21(26(23,24)20(4)5)9-8-12-11-19-15-10-13(18)6-7-14(12)15/h6-7,10-11,19H,8-9H2,1-5H3. The first kappa shape index (κ1) is 20.7. The van der Waals surface area contributed by atoms with Gasteiger partial charge in [-0.25, -0.2) is 4.79 Å². The van der Waals surface area contributed by atoms with E-state index in [1.807, 2.05) is 24.4 Å². The Labute approximate surface area is 162 Å². The second kappa shape index (κ2) is 7.58. The normalized spacial score (nSPS) is 12.6. The maximum atomic E-state index is 12.6. The summed E-state index contributed by atoms with van der Waals surface area (Å²) in [6.07, 6.45) is 1.31. The van der Waals surface area contributed by atoms with E-state index in [4.69, 9.17) is 4.74 Å². The molecule has 2 aromatic rings. The van der Waals surface area contributed by atoms with Crippen LogP contribution in [0.15, 0.2) is 28.9 Å². The third-order valence-electron chi connectivity index (χ3n) is 3.65. The van der Waals surface area contributed by atoms with Gasteiger partial charge in [-0.2, -0.15) is 17.0 Å². The molecule has 0 aliphatic carbocycles. The summed E-state index contributed by atoms with van der Waals surface area (Å²) >= 11 is 3.42. The second-order valence-electron chi connectivity index (χ2n) is 7.10. The molecule has 0 bridgehead atoms. The van der Waals surface area contributed by atoms with Crippen molar-refractivity contribution in [2.75, 3.05) is 20.6 Å². The number of rotatable bonds is 5. The number of nitrogens with zero attached hydrogens (tertiary/aromatic N) is 2. The van der Waals surface area contributed by atoms with Gasteiger partial charge in [-0.05, 0) is 44.9 Å². The first-order valence-electron chi connectivity index (χ1n) is 8.10. The highest BCUT2D eigenvalue weighted by Crippen LogP contribution is 2.23. The zero-order valence-electron chi connectivity index (χ0n) is 15.5. The third kappa shape index (κ3) is 4.77. The molecule has 1 aromatic heterocycles. The first-order valence-corrected chi connectivity index (χ1v) is 10.3. The van der Waals surface area contributed by atoms with Gasteiger partial charge < -0.3 is 9.72 Å². The minimum atomic E-state index is -3.95. The number of halogens is 1. The maximum absolute atomic E-state index is 12.6. The number of ether oxygens (including phenoxy) is 1. The Balaban J connectivity index is 2.27. The van der Waals surface area contributed by atoms with Crippen LogP contribution in [0.2, 0.25) is 0 Å². The molecule has 2 rings (SSSR count). The van der Waals surface area contributed by atoms with Crippen molar-refractivity contribution in [2.24, 2.45) is 0 Å². The van der Waals surface area contributed by atoms with Crippen molar-refractivity contribution in [2.45, 2.75) is 32.8 Å². The van der Waals surface area contributed by atoms with Gasteiger partial charge in [-0.1, -0.05) is 22.0 Å². The fourth-order valence-corrected chi connectivity index (χ4v) is 3.70. The molecule has 0 fully saturated rings. The van der Waals surface area contributed by atoms with E-state index in [1.165, 1.54) is 14.1 Å².